The van der Waals surface area contributed by atoms with Crippen LogP contribution in [0.3, 0.4) is 0 Å². The SMILES string of the molecule is CCOC(=O)CC(B1OC(C)(C)C(C)(C)O1)c1ccc2cc(O)ccc2c1. The van der Waals surface area contributed by atoms with Crippen LogP contribution in [0.15, 0.2) is 36.4 Å². The summed E-state index contributed by atoms with van der Waals surface area (Å²) in [5.74, 6) is -0.337. The first-order valence-corrected chi connectivity index (χ1v) is 9.37. The fourth-order valence-electron chi connectivity index (χ4n) is 3.31. The molecule has 0 aromatic heterocycles. The molecule has 1 heterocycles. The number of phenolic OH excluding ortho intramolecular Hbond substituents is 1. The molecule has 0 bridgehead atoms. The molecule has 5 nitrogen and oxygen atoms in total. The molecule has 27 heavy (non-hydrogen) atoms. The standard InChI is InChI=1S/C21H27BO5/c1-6-25-19(24)13-18(22-26-20(2,3)21(4,5)27-22)16-8-7-15-12-17(23)10-9-14(15)11-16/h7-12,18,23H,6,13H2,1-5H3. The highest BCUT2D eigenvalue weighted by atomic mass is 16.7. The van der Waals surface area contributed by atoms with Crippen molar-refractivity contribution >= 4 is 23.9 Å². The molecule has 2 aromatic carbocycles. The van der Waals surface area contributed by atoms with Crippen molar-refractivity contribution in [1.29, 1.82) is 0 Å². The summed E-state index contributed by atoms with van der Waals surface area (Å²) in [6.45, 7) is 10.1. The number of hydrogen-bond donors (Lipinski definition) is 1. The molecular weight excluding hydrogens is 343 g/mol. The van der Waals surface area contributed by atoms with E-state index < -0.39 is 18.3 Å². The average Bonchev–Trinajstić information content (AvgIpc) is 2.80. The van der Waals surface area contributed by atoms with Crippen molar-refractivity contribution in [3.05, 3.63) is 42.0 Å². The third-order valence-electron chi connectivity index (χ3n) is 5.57. The molecule has 1 aliphatic rings. The van der Waals surface area contributed by atoms with Gasteiger partial charge in [-0.2, -0.15) is 0 Å². The number of esters is 1. The van der Waals surface area contributed by atoms with E-state index in [0.29, 0.717) is 6.61 Å². The van der Waals surface area contributed by atoms with Gasteiger partial charge in [-0.25, -0.2) is 0 Å². The quantitative estimate of drug-likeness (QED) is 0.631. The predicted octanol–water partition coefficient (Wildman–Crippen LogP) is 4.21. The number of carbonyl (C=O) groups is 1. The Morgan fingerprint density at radius 2 is 1.67 bits per heavy atom. The van der Waals surface area contributed by atoms with Crippen LogP contribution in [0.4, 0.5) is 0 Å². The number of carbonyl (C=O) groups excluding carboxylic acids is 1. The van der Waals surface area contributed by atoms with Gasteiger partial charge in [0.2, 0.25) is 0 Å². The Morgan fingerprint density at radius 1 is 1.07 bits per heavy atom. The fraction of sp³-hybridized carbons (Fsp3) is 0.476. The molecule has 1 N–H and O–H groups in total. The van der Waals surface area contributed by atoms with Crippen molar-refractivity contribution in [3.63, 3.8) is 0 Å². The molecule has 1 saturated heterocycles. The van der Waals surface area contributed by atoms with Crippen LogP contribution in [-0.4, -0.2) is 36.0 Å². The first-order chi connectivity index (χ1) is 12.6. The Kier molecular flexibility index (Phi) is 5.23. The Morgan fingerprint density at radius 3 is 2.30 bits per heavy atom. The zero-order valence-corrected chi connectivity index (χ0v) is 16.6. The lowest BCUT2D eigenvalue weighted by atomic mass is 9.66. The zero-order chi connectivity index (χ0) is 19.8. The lowest BCUT2D eigenvalue weighted by Gasteiger charge is -2.32. The minimum absolute atomic E-state index is 0.175. The molecule has 0 saturated carbocycles. The molecule has 1 atom stereocenters. The van der Waals surface area contributed by atoms with E-state index in [1.165, 1.54) is 0 Å². The lowest BCUT2D eigenvalue weighted by Crippen LogP contribution is -2.41. The number of phenols is 1. The van der Waals surface area contributed by atoms with Gasteiger partial charge >= 0.3 is 13.1 Å². The Balaban J connectivity index is 1.97. The van der Waals surface area contributed by atoms with Crippen molar-refractivity contribution in [2.75, 3.05) is 6.61 Å². The minimum Gasteiger partial charge on any atom is -0.508 e. The number of benzene rings is 2. The van der Waals surface area contributed by atoms with Gasteiger partial charge in [0.05, 0.1) is 24.2 Å². The Bertz CT molecular complexity index is 830. The maximum absolute atomic E-state index is 12.2. The molecule has 144 valence electrons. The average molecular weight is 370 g/mol. The van der Waals surface area contributed by atoms with Crippen molar-refractivity contribution in [2.45, 2.75) is 58.1 Å². The van der Waals surface area contributed by atoms with E-state index in [1.807, 2.05) is 52.0 Å². The van der Waals surface area contributed by atoms with Gasteiger partial charge in [-0.15, -0.1) is 0 Å². The molecular formula is C21H27BO5. The molecule has 1 unspecified atom stereocenters. The molecule has 2 aromatic rings. The molecule has 0 aliphatic carbocycles. The van der Waals surface area contributed by atoms with Crippen molar-refractivity contribution in [1.82, 2.24) is 0 Å². The lowest BCUT2D eigenvalue weighted by molar-refractivity contribution is -0.143. The zero-order valence-electron chi connectivity index (χ0n) is 16.6. The third-order valence-corrected chi connectivity index (χ3v) is 5.57. The van der Waals surface area contributed by atoms with Gasteiger partial charge in [-0.3, -0.25) is 4.79 Å². The first kappa shape index (κ1) is 19.7. The largest absolute Gasteiger partial charge is 0.508 e. The van der Waals surface area contributed by atoms with Gasteiger partial charge in [0.1, 0.15) is 5.75 Å². The normalized spacial score (nSPS) is 19.2. The van der Waals surface area contributed by atoms with Crippen LogP contribution in [0.1, 0.15) is 52.4 Å². The van der Waals surface area contributed by atoms with Crippen molar-refractivity contribution in [3.8, 4) is 5.75 Å². The highest BCUT2D eigenvalue weighted by Crippen LogP contribution is 2.42. The van der Waals surface area contributed by atoms with Crippen molar-refractivity contribution in [2.24, 2.45) is 0 Å². The predicted molar refractivity (Wildman–Crippen MR) is 106 cm³/mol. The summed E-state index contributed by atoms with van der Waals surface area (Å²) in [5, 5.41) is 11.6. The number of aromatic hydroxyl groups is 1. The van der Waals surface area contributed by atoms with Crippen LogP contribution in [0.5, 0.6) is 5.75 Å². The molecule has 1 aliphatic heterocycles. The summed E-state index contributed by atoms with van der Waals surface area (Å²) in [6, 6.07) is 11.1. The number of ether oxygens (including phenoxy) is 1. The Labute approximate surface area is 160 Å². The van der Waals surface area contributed by atoms with Crippen LogP contribution in [0, 0.1) is 0 Å². The smallest absolute Gasteiger partial charge is 0.466 e. The number of fused-ring (bicyclic) bond motifs is 1. The van der Waals surface area contributed by atoms with Crippen LogP contribution in [0.25, 0.3) is 10.8 Å². The van der Waals surface area contributed by atoms with Crippen molar-refractivity contribution < 1.29 is 23.9 Å². The van der Waals surface area contributed by atoms with Gasteiger partial charge in [0, 0.05) is 5.82 Å². The van der Waals surface area contributed by atoms with Gasteiger partial charge in [0.15, 0.2) is 0 Å². The van der Waals surface area contributed by atoms with Gasteiger partial charge in [-0.05, 0) is 63.1 Å². The van der Waals surface area contributed by atoms with Crippen LogP contribution < -0.4 is 0 Å². The summed E-state index contributed by atoms with van der Waals surface area (Å²) in [4.78, 5) is 12.2. The van der Waals surface area contributed by atoms with E-state index in [0.717, 1.165) is 16.3 Å². The van der Waals surface area contributed by atoms with E-state index in [2.05, 4.69) is 0 Å². The van der Waals surface area contributed by atoms with Gasteiger partial charge in [-0.1, -0.05) is 24.3 Å². The summed E-state index contributed by atoms with van der Waals surface area (Å²) < 4.78 is 17.6. The molecule has 0 radical (unpaired) electrons. The summed E-state index contributed by atoms with van der Waals surface area (Å²) in [5.41, 5.74) is -0.0137. The highest BCUT2D eigenvalue weighted by molar-refractivity contribution is 6.48. The monoisotopic (exact) mass is 370 g/mol. The maximum atomic E-state index is 12.2. The maximum Gasteiger partial charge on any atom is 0.466 e. The van der Waals surface area contributed by atoms with Crippen LogP contribution >= 0.6 is 0 Å². The molecule has 6 heteroatoms. The van der Waals surface area contributed by atoms with E-state index in [-0.39, 0.29) is 24.0 Å². The second-order valence-corrected chi connectivity index (χ2v) is 8.03. The van der Waals surface area contributed by atoms with Gasteiger partial charge in [0.25, 0.3) is 0 Å². The number of hydrogen-bond acceptors (Lipinski definition) is 5. The van der Waals surface area contributed by atoms with E-state index in [4.69, 9.17) is 14.0 Å². The fourth-order valence-corrected chi connectivity index (χ4v) is 3.31. The van der Waals surface area contributed by atoms with E-state index in [9.17, 15) is 9.90 Å². The summed E-state index contributed by atoms with van der Waals surface area (Å²) in [6.07, 6.45) is 0.175. The molecule has 0 spiro atoms. The highest BCUT2D eigenvalue weighted by Gasteiger charge is 2.54. The second-order valence-electron chi connectivity index (χ2n) is 8.03. The molecule has 1 fully saturated rings. The van der Waals surface area contributed by atoms with E-state index in [1.54, 1.807) is 19.1 Å². The van der Waals surface area contributed by atoms with E-state index >= 15 is 0 Å². The number of rotatable bonds is 5. The summed E-state index contributed by atoms with van der Waals surface area (Å²) >= 11 is 0. The molecule has 3 rings (SSSR count). The minimum atomic E-state index is -0.547. The molecule has 0 amide bonds. The summed E-state index contributed by atoms with van der Waals surface area (Å²) in [7, 11) is -0.547. The second kappa shape index (κ2) is 7.17. The Hall–Kier alpha value is -2.05. The first-order valence-electron chi connectivity index (χ1n) is 9.37. The van der Waals surface area contributed by atoms with Crippen LogP contribution in [-0.2, 0) is 18.8 Å². The topological polar surface area (TPSA) is 65.0 Å². The van der Waals surface area contributed by atoms with Gasteiger partial charge < -0.3 is 19.2 Å². The van der Waals surface area contributed by atoms with Crippen LogP contribution in [0.2, 0.25) is 0 Å². The third kappa shape index (κ3) is 3.97.